The zero-order valence-electron chi connectivity index (χ0n) is 9.56. The molecule has 2 aromatic rings. The van der Waals surface area contributed by atoms with Crippen molar-refractivity contribution in [1.29, 1.82) is 0 Å². The highest BCUT2D eigenvalue weighted by Crippen LogP contribution is 2.34. The van der Waals surface area contributed by atoms with Crippen LogP contribution in [0.2, 0.25) is 5.02 Å². The highest BCUT2D eigenvalue weighted by atomic mass is 35.5. The minimum Gasteiger partial charge on any atom is -0.0898 e. The van der Waals surface area contributed by atoms with Gasteiger partial charge in [-0.3, -0.25) is 0 Å². The van der Waals surface area contributed by atoms with E-state index < -0.39 is 0 Å². The highest BCUT2D eigenvalue weighted by molar-refractivity contribution is 8.08. The monoisotopic (exact) mass is 260 g/mol. The van der Waals surface area contributed by atoms with Gasteiger partial charge in [0.25, 0.3) is 0 Å². The van der Waals surface area contributed by atoms with E-state index in [1.807, 2.05) is 43.3 Å². The molecule has 0 spiro atoms. The predicted octanol–water partition coefficient (Wildman–Crippen LogP) is 5.49. The van der Waals surface area contributed by atoms with Gasteiger partial charge in [-0.2, -0.15) is 0 Å². The highest BCUT2D eigenvalue weighted by Gasteiger charge is 2.03. The molecular formula is C15H13ClS. The summed E-state index contributed by atoms with van der Waals surface area (Å²) in [6.07, 6.45) is 2.11. The normalized spacial score (nSPS) is 11.5. The van der Waals surface area contributed by atoms with Crippen LogP contribution in [0.25, 0.3) is 4.91 Å². The van der Waals surface area contributed by atoms with E-state index >= 15 is 0 Å². The van der Waals surface area contributed by atoms with Gasteiger partial charge in [-0.1, -0.05) is 59.8 Å². The van der Waals surface area contributed by atoms with Crippen LogP contribution in [0.1, 0.15) is 12.5 Å². The molecule has 0 aliphatic rings. The standard InChI is InChI=1S/C15H13ClS/c1-2-15(12-7-6-8-13(16)11-12)17-14-9-4-3-5-10-14/h2-11H,1H3/b15-2-. The molecule has 0 aromatic heterocycles. The van der Waals surface area contributed by atoms with Gasteiger partial charge in [0.05, 0.1) is 0 Å². The molecular weight excluding hydrogens is 248 g/mol. The Labute approximate surface area is 111 Å². The summed E-state index contributed by atoms with van der Waals surface area (Å²) >= 11 is 7.77. The third-order valence-electron chi connectivity index (χ3n) is 2.34. The van der Waals surface area contributed by atoms with E-state index in [4.69, 9.17) is 11.6 Å². The van der Waals surface area contributed by atoms with E-state index in [2.05, 4.69) is 24.3 Å². The van der Waals surface area contributed by atoms with Gasteiger partial charge in [0.15, 0.2) is 0 Å². The molecule has 0 amide bonds. The van der Waals surface area contributed by atoms with Crippen LogP contribution in [-0.4, -0.2) is 0 Å². The first kappa shape index (κ1) is 12.3. The van der Waals surface area contributed by atoms with Gasteiger partial charge in [0.1, 0.15) is 0 Å². The summed E-state index contributed by atoms with van der Waals surface area (Å²) in [5, 5.41) is 0.774. The van der Waals surface area contributed by atoms with Gasteiger partial charge in [-0.15, -0.1) is 0 Å². The second-order valence-electron chi connectivity index (χ2n) is 3.58. The van der Waals surface area contributed by atoms with E-state index in [0.717, 1.165) is 10.6 Å². The fourth-order valence-corrected chi connectivity index (χ4v) is 2.64. The number of hydrogen-bond acceptors (Lipinski definition) is 1. The first-order valence-electron chi connectivity index (χ1n) is 5.45. The summed E-state index contributed by atoms with van der Waals surface area (Å²) in [5.41, 5.74) is 1.16. The van der Waals surface area contributed by atoms with Crippen molar-refractivity contribution in [2.75, 3.05) is 0 Å². The summed E-state index contributed by atoms with van der Waals surface area (Å²) in [7, 11) is 0. The molecule has 0 saturated carbocycles. The largest absolute Gasteiger partial charge is 0.0898 e. The maximum Gasteiger partial charge on any atom is 0.0412 e. The van der Waals surface area contributed by atoms with Crippen molar-refractivity contribution >= 4 is 28.3 Å². The van der Waals surface area contributed by atoms with Crippen molar-refractivity contribution in [3.05, 3.63) is 71.3 Å². The molecule has 0 heterocycles. The number of benzene rings is 2. The lowest BCUT2D eigenvalue weighted by molar-refractivity contribution is 1.47. The van der Waals surface area contributed by atoms with Crippen LogP contribution in [0.4, 0.5) is 0 Å². The third kappa shape index (κ3) is 3.39. The van der Waals surface area contributed by atoms with E-state index in [0.29, 0.717) is 0 Å². The van der Waals surface area contributed by atoms with Gasteiger partial charge < -0.3 is 0 Å². The van der Waals surface area contributed by atoms with Crippen LogP contribution >= 0.6 is 23.4 Å². The molecule has 0 atom stereocenters. The number of allylic oxidation sites excluding steroid dienone is 1. The Morgan fingerprint density at radius 2 is 1.82 bits per heavy atom. The number of rotatable bonds is 3. The molecule has 0 aliphatic carbocycles. The molecule has 0 radical (unpaired) electrons. The Bertz CT molecular complexity index is 517. The Hall–Kier alpha value is -1.18. The summed E-state index contributed by atoms with van der Waals surface area (Å²) < 4.78 is 0. The Kier molecular flexibility index (Phi) is 4.29. The van der Waals surface area contributed by atoms with Crippen LogP contribution in [0, 0.1) is 0 Å². The summed E-state index contributed by atoms with van der Waals surface area (Å²) in [4.78, 5) is 2.46. The van der Waals surface area contributed by atoms with Crippen molar-refractivity contribution in [2.24, 2.45) is 0 Å². The van der Waals surface area contributed by atoms with Gasteiger partial charge in [0, 0.05) is 14.8 Å². The molecule has 2 rings (SSSR count). The Morgan fingerprint density at radius 3 is 2.47 bits per heavy atom. The molecule has 0 unspecified atom stereocenters. The van der Waals surface area contributed by atoms with Crippen LogP contribution in [0.5, 0.6) is 0 Å². The minimum absolute atomic E-state index is 0.774. The lowest BCUT2D eigenvalue weighted by Gasteiger charge is -2.07. The first-order valence-corrected chi connectivity index (χ1v) is 6.64. The van der Waals surface area contributed by atoms with E-state index in [9.17, 15) is 0 Å². The molecule has 0 saturated heterocycles. The lowest BCUT2D eigenvalue weighted by Crippen LogP contribution is -1.80. The van der Waals surface area contributed by atoms with Gasteiger partial charge in [-0.25, -0.2) is 0 Å². The number of hydrogen-bond donors (Lipinski definition) is 0. The summed E-state index contributed by atoms with van der Waals surface area (Å²) in [6, 6.07) is 18.3. The molecule has 0 nitrogen and oxygen atoms in total. The molecule has 17 heavy (non-hydrogen) atoms. The predicted molar refractivity (Wildman–Crippen MR) is 77.4 cm³/mol. The number of thioether (sulfide) groups is 1. The van der Waals surface area contributed by atoms with Crippen molar-refractivity contribution in [2.45, 2.75) is 11.8 Å². The second-order valence-corrected chi connectivity index (χ2v) is 5.13. The third-order valence-corrected chi connectivity index (χ3v) is 3.78. The SMILES string of the molecule is C/C=C(\Sc1ccccc1)c1cccc(Cl)c1. The van der Waals surface area contributed by atoms with Crippen LogP contribution in [-0.2, 0) is 0 Å². The van der Waals surface area contributed by atoms with Gasteiger partial charge in [0.2, 0.25) is 0 Å². The van der Waals surface area contributed by atoms with Crippen LogP contribution in [0.15, 0.2) is 65.6 Å². The zero-order valence-corrected chi connectivity index (χ0v) is 11.1. The lowest BCUT2D eigenvalue weighted by atomic mass is 10.2. The topological polar surface area (TPSA) is 0 Å². The Balaban J connectivity index is 2.24. The Morgan fingerprint density at radius 1 is 1.06 bits per heavy atom. The average molecular weight is 261 g/mol. The van der Waals surface area contributed by atoms with E-state index in [1.54, 1.807) is 11.8 Å². The van der Waals surface area contributed by atoms with Crippen molar-refractivity contribution in [3.8, 4) is 0 Å². The molecule has 0 bridgehead atoms. The number of halogens is 1. The van der Waals surface area contributed by atoms with Crippen molar-refractivity contribution in [3.63, 3.8) is 0 Å². The van der Waals surface area contributed by atoms with Crippen LogP contribution in [0.3, 0.4) is 0 Å². The quantitative estimate of drug-likeness (QED) is 0.657. The summed E-state index contributed by atoms with van der Waals surface area (Å²) in [5.74, 6) is 0. The van der Waals surface area contributed by atoms with Gasteiger partial charge in [-0.05, 0) is 36.8 Å². The zero-order chi connectivity index (χ0) is 12.1. The molecule has 2 aromatic carbocycles. The smallest absolute Gasteiger partial charge is 0.0412 e. The van der Waals surface area contributed by atoms with Crippen molar-refractivity contribution in [1.82, 2.24) is 0 Å². The molecule has 0 aliphatic heterocycles. The van der Waals surface area contributed by atoms with E-state index in [-0.39, 0.29) is 0 Å². The molecule has 2 heteroatoms. The fraction of sp³-hybridized carbons (Fsp3) is 0.0667. The van der Waals surface area contributed by atoms with E-state index in [1.165, 1.54) is 9.80 Å². The molecule has 86 valence electrons. The minimum atomic E-state index is 0.774. The molecule has 0 N–H and O–H groups in total. The maximum absolute atomic E-state index is 6.01. The van der Waals surface area contributed by atoms with Crippen LogP contribution < -0.4 is 0 Å². The second kappa shape index (κ2) is 5.95. The summed E-state index contributed by atoms with van der Waals surface area (Å²) in [6.45, 7) is 2.05. The van der Waals surface area contributed by atoms with Crippen molar-refractivity contribution < 1.29 is 0 Å². The average Bonchev–Trinajstić information content (AvgIpc) is 2.37. The first-order chi connectivity index (χ1) is 8.29. The fourth-order valence-electron chi connectivity index (χ4n) is 1.54. The maximum atomic E-state index is 6.01. The van der Waals surface area contributed by atoms with Gasteiger partial charge >= 0.3 is 0 Å². The molecule has 0 fully saturated rings.